The summed E-state index contributed by atoms with van der Waals surface area (Å²) in [6.07, 6.45) is 3.28. The second kappa shape index (κ2) is 7.66. The molecule has 0 spiro atoms. The summed E-state index contributed by atoms with van der Waals surface area (Å²) < 4.78 is 23.2. The topological polar surface area (TPSA) is 61.8 Å². The van der Waals surface area contributed by atoms with Crippen molar-refractivity contribution in [2.75, 3.05) is 37.7 Å². The minimum atomic E-state index is -2.80. The largest absolute Gasteiger partial charge is 0.356 e. The molecule has 0 bridgehead atoms. The van der Waals surface area contributed by atoms with Crippen LogP contribution in [0.2, 0.25) is 0 Å². The van der Waals surface area contributed by atoms with Crippen molar-refractivity contribution in [1.29, 1.82) is 0 Å². The lowest BCUT2D eigenvalue weighted by atomic mass is 10.0. The maximum Gasteiger partial charge on any atom is 0.193 e. The molecule has 2 fully saturated rings. The number of guanidine groups is 1. The average Bonchev–Trinajstić information content (AvgIpc) is 2.78. The Morgan fingerprint density at radius 1 is 1.36 bits per heavy atom. The summed E-state index contributed by atoms with van der Waals surface area (Å²) in [5.41, 5.74) is 0. The zero-order valence-electron chi connectivity index (χ0n) is 14.2. The maximum absolute atomic E-state index is 11.6. The van der Waals surface area contributed by atoms with Gasteiger partial charge in [-0.25, -0.2) is 8.42 Å². The third-order valence-electron chi connectivity index (χ3n) is 4.44. The first kappa shape index (κ1) is 17.6. The minimum absolute atomic E-state index is 0.233. The van der Waals surface area contributed by atoms with E-state index in [1.54, 1.807) is 0 Å². The Morgan fingerprint density at radius 2 is 2.14 bits per heavy atom. The van der Waals surface area contributed by atoms with Gasteiger partial charge < -0.3 is 10.2 Å². The van der Waals surface area contributed by atoms with E-state index >= 15 is 0 Å². The summed E-state index contributed by atoms with van der Waals surface area (Å²) in [6, 6.07) is 0. The first-order valence-corrected chi connectivity index (χ1v) is 10.4. The van der Waals surface area contributed by atoms with Crippen molar-refractivity contribution in [3.05, 3.63) is 0 Å². The van der Waals surface area contributed by atoms with Gasteiger partial charge in [0.05, 0.1) is 11.5 Å². The molecule has 2 unspecified atom stereocenters. The van der Waals surface area contributed by atoms with Crippen LogP contribution >= 0.6 is 0 Å². The zero-order chi connectivity index (χ0) is 16.2. The highest BCUT2D eigenvalue weighted by Crippen LogP contribution is 2.18. The van der Waals surface area contributed by atoms with Crippen LogP contribution in [0.3, 0.4) is 0 Å². The second-order valence-electron chi connectivity index (χ2n) is 7.40. The Labute approximate surface area is 135 Å². The molecule has 2 aliphatic heterocycles. The first-order valence-electron chi connectivity index (χ1n) is 8.59. The zero-order valence-corrected chi connectivity index (χ0v) is 15.0. The quantitative estimate of drug-likeness (QED) is 0.630. The molecule has 5 nitrogen and oxygen atoms in total. The molecule has 2 atom stereocenters. The third kappa shape index (κ3) is 5.45. The third-order valence-corrected chi connectivity index (χ3v) is 6.28. The number of rotatable bonds is 4. The molecule has 2 heterocycles. The number of likely N-dealkylation sites (tertiary alicyclic amines) is 1. The van der Waals surface area contributed by atoms with Gasteiger partial charge in [-0.3, -0.25) is 4.99 Å². The summed E-state index contributed by atoms with van der Waals surface area (Å²) in [5, 5.41) is 3.46. The van der Waals surface area contributed by atoms with Crippen LogP contribution in [0.25, 0.3) is 0 Å². The van der Waals surface area contributed by atoms with Crippen molar-refractivity contribution in [2.45, 2.75) is 40.0 Å². The van der Waals surface area contributed by atoms with E-state index in [4.69, 9.17) is 4.99 Å². The van der Waals surface area contributed by atoms with E-state index in [0.29, 0.717) is 23.3 Å². The van der Waals surface area contributed by atoms with Gasteiger partial charge in [0.2, 0.25) is 0 Å². The molecule has 0 aromatic rings. The summed E-state index contributed by atoms with van der Waals surface area (Å²) in [5.74, 6) is 3.12. The Morgan fingerprint density at radius 3 is 2.73 bits per heavy atom. The van der Waals surface area contributed by atoms with E-state index in [0.717, 1.165) is 38.6 Å². The lowest BCUT2D eigenvalue weighted by Gasteiger charge is -2.34. The average molecular weight is 330 g/mol. The number of hydrogen-bond donors (Lipinski definition) is 1. The normalized spacial score (nSPS) is 29.1. The highest BCUT2D eigenvalue weighted by molar-refractivity contribution is 7.91. The van der Waals surface area contributed by atoms with Crippen molar-refractivity contribution < 1.29 is 8.42 Å². The van der Waals surface area contributed by atoms with Crippen molar-refractivity contribution in [3.8, 4) is 0 Å². The van der Waals surface area contributed by atoms with Crippen LogP contribution in [-0.2, 0) is 9.84 Å². The van der Waals surface area contributed by atoms with Crippen molar-refractivity contribution in [1.82, 2.24) is 10.2 Å². The van der Waals surface area contributed by atoms with Crippen molar-refractivity contribution in [3.63, 3.8) is 0 Å². The van der Waals surface area contributed by atoms with E-state index in [1.165, 1.54) is 12.8 Å². The highest BCUT2D eigenvalue weighted by atomic mass is 32.2. The van der Waals surface area contributed by atoms with E-state index < -0.39 is 9.84 Å². The fourth-order valence-corrected chi connectivity index (χ4v) is 5.05. The van der Waals surface area contributed by atoms with Crippen LogP contribution < -0.4 is 5.32 Å². The fraction of sp³-hybridized carbons (Fsp3) is 0.938. The van der Waals surface area contributed by atoms with Crippen LogP contribution in [0.1, 0.15) is 40.0 Å². The van der Waals surface area contributed by atoms with E-state index in [9.17, 15) is 8.42 Å². The van der Waals surface area contributed by atoms with Crippen LogP contribution in [0.15, 0.2) is 4.99 Å². The lowest BCUT2D eigenvalue weighted by Crippen LogP contribution is -2.47. The Bertz CT molecular complexity index is 488. The maximum atomic E-state index is 11.6. The van der Waals surface area contributed by atoms with Crippen molar-refractivity contribution >= 4 is 15.8 Å². The Hall–Kier alpha value is -0.780. The number of hydrogen-bond acceptors (Lipinski definition) is 3. The first-order chi connectivity index (χ1) is 10.4. The molecule has 6 heteroatoms. The van der Waals surface area contributed by atoms with Crippen LogP contribution in [0, 0.1) is 17.8 Å². The van der Waals surface area contributed by atoms with Crippen LogP contribution in [0.5, 0.6) is 0 Å². The summed E-state index contributed by atoms with van der Waals surface area (Å²) >= 11 is 0. The Kier molecular flexibility index (Phi) is 6.12. The fourth-order valence-electron chi connectivity index (χ4n) is 3.19. The van der Waals surface area contributed by atoms with Gasteiger partial charge in [-0.05, 0) is 37.0 Å². The smallest absolute Gasteiger partial charge is 0.193 e. The summed E-state index contributed by atoms with van der Waals surface area (Å²) in [4.78, 5) is 7.11. The monoisotopic (exact) mass is 329 g/mol. The number of nitrogens with one attached hydrogen (secondary N) is 1. The molecule has 128 valence electrons. The van der Waals surface area contributed by atoms with Crippen LogP contribution in [0.4, 0.5) is 0 Å². The second-order valence-corrected chi connectivity index (χ2v) is 9.63. The minimum Gasteiger partial charge on any atom is -0.356 e. The molecule has 0 aromatic carbocycles. The molecule has 0 aliphatic carbocycles. The molecule has 2 saturated heterocycles. The molecule has 1 N–H and O–H groups in total. The summed E-state index contributed by atoms with van der Waals surface area (Å²) in [6.45, 7) is 10.3. The van der Waals surface area contributed by atoms with E-state index in [1.807, 2.05) is 0 Å². The molecule has 0 saturated carbocycles. The molecule has 2 aliphatic rings. The predicted octanol–water partition coefficient (Wildman–Crippen LogP) is 1.75. The number of aliphatic imine (C=N–C) groups is 1. The molecule has 0 aromatic heterocycles. The SMILES string of the molecule is CC(C)CN=C(NCC1CCS(=O)(=O)C1)N1CCCC(C)C1. The molecule has 22 heavy (non-hydrogen) atoms. The van der Waals surface area contributed by atoms with Gasteiger partial charge in [-0.2, -0.15) is 0 Å². The van der Waals surface area contributed by atoms with Gasteiger partial charge in [0, 0.05) is 26.2 Å². The molecular weight excluding hydrogens is 298 g/mol. The molecule has 0 amide bonds. The highest BCUT2D eigenvalue weighted by Gasteiger charge is 2.28. The summed E-state index contributed by atoms with van der Waals surface area (Å²) in [7, 11) is -2.80. The van der Waals surface area contributed by atoms with Gasteiger partial charge in [-0.15, -0.1) is 0 Å². The van der Waals surface area contributed by atoms with Gasteiger partial charge in [0.25, 0.3) is 0 Å². The molecular formula is C16H31N3O2S. The number of sulfone groups is 1. The van der Waals surface area contributed by atoms with Gasteiger partial charge in [-0.1, -0.05) is 20.8 Å². The number of piperidine rings is 1. The van der Waals surface area contributed by atoms with Crippen LogP contribution in [-0.4, -0.2) is 57.0 Å². The molecule has 0 radical (unpaired) electrons. The van der Waals surface area contributed by atoms with Gasteiger partial charge in [0.15, 0.2) is 15.8 Å². The van der Waals surface area contributed by atoms with E-state index in [-0.39, 0.29) is 5.92 Å². The lowest BCUT2D eigenvalue weighted by molar-refractivity contribution is 0.264. The number of nitrogens with zero attached hydrogens (tertiary/aromatic N) is 2. The van der Waals surface area contributed by atoms with Gasteiger partial charge in [0.1, 0.15) is 0 Å². The van der Waals surface area contributed by atoms with Gasteiger partial charge >= 0.3 is 0 Å². The van der Waals surface area contributed by atoms with Crippen molar-refractivity contribution in [2.24, 2.45) is 22.7 Å². The standard InChI is InChI=1S/C16H31N3O2S/c1-13(2)9-17-16(19-7-4-5-14(3)11-19)18-10-15-6-8-22(20,21)12-15/h13-15H,4-12H2,1-3H3,(H,17,18). The van der Waals surface area contributed by atoms with E-state index in [2.05, 4.69) is 31.0 Å². The molecule has 2 rings (SSSR count). The Balaban J connectivity index is 1.94. The predicted molar refractivity (Wildman–Crippen MR) is 91.9 cm³/mol.